The van der Waals surface area contributed by atoms with Crippen molar-refractivity contribution in [1.82, 2.24) is 4.90 Å². The SMILES string of the molecule is C[C@H](C(=O)O)N1C(=O)CC[C@H]1C(=O)O. The summed E-state index contributed by atoms with van der Waals surface area (Å²) in [4.78, 5) is 33.5. The van der Waals surface area contributed by atoms with E-state index in [9.17, 15) is 14.4 Å². The normalized spacial score (nSPS) is 23.6. The van der Waals surface area contributed by atoms with E-state index in [-0.39, 0.29) is 12.8 Å². The lowest BCUT2D eigenvalue weighted by Crippen LogP contribution is -2.47. The topological polar surface area (TPSA) is 94.9 Å². The summed E-state index contributed by atoms with van der Waals surface area (Å²) in [6.07, 6.45) is 0.292. The number of carbonyl (C=O) groups excluding carboxylic acids is 1. The van der Waals surface area contributed by atoms with Crippen molar-refractivity contribution in [3.05, 3.63) is 0 Å². The zero-order valence-corrected chi connectivity index (χ0v) is 7.64. The van der Waals surface area contributed by atoms with Crippen molar-refractivity contribution in [3.63, 3.8) is 0 Å². The average Bonchev–Trinajstić information content (AvgIpc) is 2.45. The third kappa shape index (κ3) is 1.68. The summed E-state index contributed by atoms with van der Waals surface area (Å²) in [5.41, 5.74) is 0. The highest BCUT2D eigenvalue weighted by Gasteiger charge is 2.41. The quantitative estimate of drug-likeness (QED) is 0.644. The maximum absolute atomic E-state index is 11.2. The van der Waals surface area contributed by atoms with Gasteiger partial charge in [0.2, 0.25) is 5.91 Å². The second-order valence-electron chi connectivity index (χ2n) is 3.21. The van der Waals surface area contributed by atoms with E-state index in [0.717, 1.165) is 4.90 Å². The minimum Gasteiger partial charge on any atom is -0.480 e. The molecule has 2 N–H and O–H groups in total. The van der Waals surface area contributed by atoms with Gasteiger partial charge in [0.25, 0.3) is 0 Å². The first-order valence-electron chi connectivity index (χ1n) is 4.22. The standard InChI is InChI=1S/C8H11NO5/c1-4(7(11)12)9-5(8(13)14)2-3-6(9)10/h4-5H,2-3H2,1H3,(H,11,12)(H,13,14)/t4-,5+/m1/s1. The van der Waals surface area contributed by atoms with Crippen LogP contribution in [-0.2, 0) is 14.4 Å². The molecule has 0 unspecified atom stereocenters. The Morgan fingerprint density at radius 1 is 1.50 bits per heavy atom. The predicted octanol–water partition coefficient (Wildman–Crippen LogP) is -0.465. The van der Waals surface area contributed by atoms with Gasteiger partial charge < -0.3 is 15.1 Å². The largest absolute Gasteiger partial charge is 0.480 e. The summed E-state index contributed by atoms with van der Waals surface area (Å²) in [7, 11) is 0. The van der Waals surface area contributed by atoms with Crippen molar-refractivity contribution >= 4 is 17.8 Å². The number of carboxylic acids is 2. The maximum Gasteiger partial charge on any atom is 0.326 e. The summed E-state index contributed by atoms with van der Waals surface area (Å²) in [5, 5.41) is 17.4. The number of carbonyl (C=O) groups is 3. The maximum atomic E-state index is 11.2. The van der Waals surface area contributed by atoms with E-state index in [2.05, 4.69) is 0 Å². The number of likely N-dealkylation sites (tertiary alicyclic amines) is 1. The lowest BCUT2D eigenvalue weighted by molar-refractivity contribution is -0.154. The van der Waals surface area contributed by atoms with E-state index in [4.69, 9.17) is 10.2 Å². The minimum absolute atomic E-state index is 0.106. The van der Waals surface area contributed by atoms with Gasteiger partial charge in [-0.2, -0.15) is 0 Å². The monoisotopic (exact) mass is 201 g/mol. The van der Waals surface area contributed by atoms with Crippen LogP contribution in [0, 0.1) is 0 Å². The molecule has 0 saturated carbocycles. The van der Waals surface area contributed by atoms with Crippen LogP contribution in [0.15, 0.2) is 0 Å². The number of carboxylic acid groups (broad SMARTS) is 2. The van der Waals surface area contributed by atoms with E-state index in [0.29, 0.717) is 0 Å². The van der Waals surface area contributed by atoms with E-state index in [1.807, 2.05) is 0 Å². The predicted molar refractivity (Wildman–Crippen MR) is 44.6 cm³/mol. The second kappa shape index (κ2) is 3.65. The molecule has 0 spiro atoms. The molecule has 0 aliphatic carbocycles. The van der Waals surface area contributed by atoms with Gasteiger partial charge in [-0.3, -0.25) is 4.79 Å². The Morgan fingerprint density at radius 3 is 2.50 bits per heavy atom. The van der Waals surface area contributed by atoms with Crippen molar-refractivity contribution in [3.8, 4) is 0 Å². The molecule has 0 bridgehead atoms. The fraction of sp³-hybridized carbons (Fsp3) is 0.625. The zero-order valence-electron chi connectivity index (χ0n) is 7.64. The molecule has 6 heteroatoms. The third-order valence-electron chi connectivity index (χ3n) is 2.32. The summed E-state index contributed by atoms with van der Waals surface area (Å²) in [5.74, 6) is -2.75. The Kier molecular flexibility index (Phi) is 2.73. The Morgan fingerprint density at radius 2 is 2.07 bits per heavy atom. The van der Waals surface area contributed by atoms with Crippen molar-refractivity contribution in [2.75, 3.05) is 0 Å². The number of aliphatic carboxylic acids is 2. The lowest BCUT2D eigenvalue weighted by Gasteiger charge is -2.25. The molecular weight excluding hydrogens is 190 g/mol. The molecule has 14 heavy (non-hydrogen) atoms. The summed E-state index contributed by atoms with van der Waals surface area (Å²) >= 11 is 0. The first-order chi connectivity index (χ1) is 6.45. The fourth-order valence-electron chi connectivity index (χ4n) is 1.55. The molecule has 1 amide bonds. The molecule has 1 aliphatic rings. The van der Waals surface area contributed by atoms with Crippen LogP contribution >= 0.6 is 0 Å². The molecule has 0 aromatic rings. The molecule has 1 heterocycles. The second-order valence-corrected chi connectivity index (χ2v) is 3.21. The van der Waals surface area contributed by atoms with Gasteiger partial charge in [-0.15, -0.1) is 0 Å². The van der Waals surface area contributed by atoms with Gasteiger partial charge >= 0.3 is 11.9 Å². The van der Waals surface area contributed by atoms with Gasteiger partial charge in [-0.05, 0) is 13.3 Å². The van der Waals surface area contributed by atoms with Crippen molar-refractivity contribution in [2.24, 2.45) is 0 Å². The highest BCUT2D eigenvalue weighted by Crippen LogP contribution is 2.21. The van der Waals surface area contributed by atoms with Crippen LogP contribution in [0.5, 0.6) is 0 Å². The molecule has 0 radical (unpaired) electrons. The van der Waals surface area contributed by atoms with Crippen LogP contribution < -0.4 is 0 Å². The Labute approximate surface area is 80.1 Å². The van der Waals surface area contributed by atoms with Gasteiger partial charge in [0.1, 0.15) is 12.1 Å². The molecule has 1 saturated heterocycles. The number of amides is 1. The van der Waals surface area contributed by atoms with Crippen LogP contribution in [0.2, 0.25) is 0 Å². The van der Waals surface area contributed by atoms with Crippen LogP contribution in [0.25, 0.3) is 0 Å². The van der Waals surface area contributed by atoms with E-state index in [1.54, 1.807) is 0 Å². The van der Waals surface area contributed by atoms with Gasteiger partial charge in [0.15, 0.2) is 0 Å². The van der Waals surface area contributed by atoms with E-state index >= 15 is 0 Å². The molecule has 2 atom stereocenters. The van der Waals surface area contributed by atoms with Crippen molar-refractivity contribution in [2.45, 2.75) is 31.8 Å². The Hall–Kier alpha value is -1.59. The number of hydrogen-bond acceptors (Lipinski definition) is 3. The number of nitrogens with zero attached hydrogens (tertiary/aromatic N) is 1. The van der Waals surface area contributed by atoms with Crippen LogP contribution in [0.3, 0.4) is 0 Å². The van der Waals surface area contributed by atoms with Crippen LogP contribution in [-0.4, -0.2) is 45.0 Å². The number of hydrogen-bond donors (Lipinski definition) is 2. The molecule has 1 rings (SSSR count). The van der Waals surface area contributed by atoms with Crippen molar-refractivity contribution < 1.29 is 24.6 Å². The summed E-state index contributed by atoms with van der Waals surface area (Å²) in [6.45, 7) is 1.31. The smallest absolute Gasteiger partial charge is 0.326 e. The van der Waals surface area contributed by atoms with E-state index < -0.39 is 29.9 Å². The highest BCUT2D eigenvalue weighted by molar-refractivity contribution is 5.91. The molecular formula is C8H11NO5. The molecule has 6 nitrogen and oxygen atoms in total. The molecule has 0 aromatic carbocycles. The van der Waals surface area contributed by atoms with Crippen LogP contribution in [0.1, 0.15) is 19.8 Å². The zero-order chi connectivity index (χ0) is 10.9. The average molecular weight is 201 g/mol. The Bertz CT molecular complexity index is 287. The lowest BCUT2D eigenvalue weighted by atomic mass is 10.2. The first-order valence-corrected chi connectivity index (χ1v) is 4.22. The van der Waals surface area contributed by atoms with Gasteiger partial charge in [0, 0.05) is 6.42 Å². The van der Waals surface area contributed by atoms with Gasteiger partial charge in [0.05, 0.1) is 0 Å². The van der Waals surface area contributed by atoms with Crippen LogP contribution in [0.4, 0.5) is 0 Å². The first kappa shape index (κ1) is 10.5. The molecule has 1 aliphatic heterocycles. The minimum atomic E-state index is -1.19. The third-order valence-corrected chi connectivity index (χ3v) is 2.32. The molecule has 0 aromatic heterocycles. The highest BCUT2D eigenvalue weighted by atomic mass is 16.4. The summed E-state index contributed by atoms with van der Waals surface area (Å²) < 4.78 is 0. The summed E-state index contributed by atoms with van der Waals surface area (Å²) in [6, 6.07) is -2.07. The molecule has 1 fully saturated rings. The van der Waals surface area contributed by atoms with Crippen molar-refractivity contribution in [1.29, 1.82) is 0 Å². The van der Waals surface area contributed by atoms with Gasteiger partial charge in [-0.25, -0.2) is 9.59 Å². The van der Waals surface area contributed by atoms with Gasteiger partial charge in [-0.1, -0.05) is 0 Å². The number of rotatable bonds is 3. The molecule has 78 valence electrons. The Balaban J connectivity index is 2.87. The van der Waals surface area contributed by atoms with E-state index in [1.165, 1.54) is 6.92 Å². The fourth-order valence-corrected chi connectivity index (χ4v) is 1.55.